The van der Waals surface area contributed by atoms with Gasteiger partial charge >= 0.3 is 0 Å². The lowest BCUT2D eigenvalue weighted by Crippen LogP contribution is -2.32. The van der Waals surface area contributed by atoms with E-state index in [-0.39, 0.29) is 17.1 Å². The van der Waals surface area contributed by atoms with Gasteiger partial charge in [-0.25, -0.2) is 16.8 Å². The fraction of sp³-hybridized carbons (Fsp3) is 0.200. The van der Waals surface area contributed by atoms with Gasteiger partial charge in [0.2, 0.25) is 10.0 Å². The molecule has 0 fully saturated rings. The monoisotopic (exact) mass is 419 g/mol. The summed E-state index contributed by atoms with van der Waals surface area (Å²) in [7, 11) is -5.90. The summed E-state index contributed by atoms with van der Waals surface area (Å²) in [5.41, 5.74) is 0.618. The molecule has 0 N–H and O–H groups in total. The number of rotatable bonds is 7. The topological polar surface area (TPSA) is 80.8 Å². The first-order valence-corrected chi connectivity index (χ1v) is 11.7. The summed E-state index contributed by atoms with van der Waals surface area (Å²) >= 11 is 0. The van der Waals surface area contributed by atoms with Gasteiger partial charge in [0.05, 0.1) is 30.6 Å². The molecule has 2 rings (SSSR count). The molecule has 0 amide bonds. The van der Waals surface area contributed by atoms with Crippen molar-refractivity contribution in [2.24, 2.45) is 0 Å². The number of sulfonamides is 1. The van der Waals surface area contributed by atoms with Crippen LogP contribution >= 0.6 is 0 Å². The molecule has 148 valence electrons. The van der Waals surface area contributed by atoms with Crippen LogP contribution in [0.5, 0.6) is 5.75 Å². The molecule has 0 radical (unpaired) electrons. The Bertz CT molecular complexity index is 1090. The van der Waals surface area contributed by atoms with E-state index in [1.807, 2.05) is 0 Å². The Morgan fingerprint density at radius 3 is 2.18 bits per heavy atom. The van der Waals surface area contributed by atoms with Gasteiger partial charge in [-0.3, -0.25) is 4.31 Å². The minimum Gasteiger partial charge on any atom is -0.497 e. The van der Waals surface area contributed by atoms with Crippen LogP contribution in [0.4, 0.5) is 0 Å². The van der Waals surface area contributed by atoms with Crippen molar-refractivity contribution in [3.8, 4) is 17.6 Å². The van der Waals surface area contributed by atoms with Gasteiger partial charge in [-0.1, -0.05) is 36.6 Å². The summed E-state index contributed by atoms with van der Waals surface area (Å²) in [6, 6.07) is 14.8. The predicted molar refractivity (Wildman–Crippen MR) is 109 cm³/mol. The molecule has 0 aliphatic carbocycles. The number of nitrogens with zero attached hydrogens (tertiary/aromatic N) is 1. The van der Waals surface area contributed by atoms with Gasteiger partial charge in [0.15, 0.2) is 9.84 Å². The number of hydrogen-bond donors (Lipinski definition) is 0. The Hall–Kier alpha value is -2.76. The molecule has 0 atom stereocenters. The Morgan fingerprint density at radius 1 is 1.04 bits per heavy atom. The number of methoxy groups -OCH3 is 1. The fourth-order valence-electron chi connectivity index (χ4n) is 2.35. The zero-order chi connectivity index (χ0) is 20.8. The summed E-state index contributed by atoms with van der Waals surface area (Å²) < 4.78 is 55.2. The lowest BCUT2D eigenvalue weighted by atomic mass is 10.2. The second kappa shape index (κ2) is 8.95. The fourth-order valence-corrected chi connectivity index (χ4v) is 4.60. The van der Waals surface area contributed by atoms with Crippen LogP contribution in [0.15, 0.2) is 71.8 Å². The average molecular weight is 420 g/mol. The molecule has 6 nitrogen and oxygen atoms in total. The van der Waals surface area contributed by atoms with Crippen LogP contribution in [-0.4, -0.2) is 46.8 Å². The SMILES string of the molecule is C=C(CS(=O)(=O)c1ccccc1)N(CC#Cc1ccc(OC)cc1)S(C)(=O)=O. The molecule has 0 spiro atoms. The van der Waals surface area contributed by atoms with Gasteiger partial charge in [0, 0.05) is 11.3 Å². The quantitative estimate of drug-likeness (QED) is 0.644. The number of benzene rings is 2. The van der Waals surface area contributed by atoms with Gasteiger partial charge < -0.3 is 4.74 Å². The maximum atomic E-state index is 12.5. The zero-order valence-corrected chi connectivity index (χ0v) is 17.3. The maximum absolute atomic E-state index is 12.5. The minimum atomic E-state index is -3.74. The van der Waals surface area contributed by atoms with Crippen LogP contribution in [0.3, 0.4) is 0 Å². The third kappa shape index (κ3) is 5.87. The van der Waals surface area contributed by atoms with E-state index in [1.54, 1.807) is 49.6 Å². The van der Waals surface area contributed by atoms with E-state index in [9.17, 15) is 16.8 Å². The third-order valence-corrected chi connectivity index (χ3v) is 6.65. The second-order valence-corrected chi connectivity index (χ2v) is 9.83. The average Bonchev–Trinajstić information content (AvgIpc) is 2.65. The highest BCUT2D eigenvalue weighted by atomic mass is 32.2. The van der Waals surface area contributed by atoms with E-state index in [2.05, 4.69) is 18.4 Å². The Kier molecular flexibility index (Phi) is 6.89. The third-order valence-electron chi connectivity index (χ3n) is 3.76. The molecule has 8 heteroatoms. The largest absolute Gasteiger partial charge is 0.497 e. The van der Waals surface area contributed by atoms with Crippen molar-refractivity contribution in [2.45, 2.75) is 4.90 Å². The van der Waals surface area contributed by atoms with E-state index >= 15 is 0 Å². The molecular weight excluding hydrogens is 398 g/mol. The summed E-state index contributed by atoms with van der Waals surface area (Å²) in [4.78, 5) is 0.105. The second-order valence-electron chi connectivity index (χ2n) is 5.94. The van der Waals surface area contributed by atoms with Crippen molar-refractivity contribution < 1.29 is 21.6 Å². The van der Waals surface area contributed by atoms with E-state index < -0.39 is 25.6 Å². The summed E-state index contributed by atoms with van der Waals surface area (Å²) in [5, 5.41) is 0. The standard InChI is InChI=1S/C20H21NO5S2/c1-17(16-28(24,25)20-9-5-4-6-10-20)21(27(3,22)23)15-7-8-18-11-13-19(26-2)14-12-18/h4-6,9-14H,1,15-16H2,2-3H3. The van der Waals surface area contributed by atoms with Crippen LogP contribution in [0.25, 0.3) is 0 Å². The van der Waals surface area contributed by atoms with Gasteiger partial charge in [0.1, 0.15) is 5.75 Å². The van der Waals surface area contributed by atoms with E-state index in [0.717, 1.165) is 10.6 Å². The highest BCUT2D eigenvalue weighted by Gasteiger charge is 2.23. The lowest BCUT2D eigenvalue weighted by Gasteiger charge is -2.22. The Labute approximate surface area is 166 Å². The van der Waals surface area contributed by atoms with Gasteiger partial charge in [0.25, 0.3) is 0 Å². The van der Waals surface area contributed by atoms with Crippen molar-refractivity contribution in [1.29, 1.82) is 0 Å². The first-order chi connectivity index (χ1) is 13.1. The van der Waals surface area contributed by atoms with Crippen LogP contribution in [0.2, 0.25) is 0 Å². The Balaban J connectivity index is 2.18. The smallest absolute Gasteiger partial charge is 0.232 e. The van der Waals surface area contributed by atoms with E-state index in [1.165, 1.54) is 12.1 Å². The molecule has 28 heavy (non-hydrogen) atoms. The number of ether oxygens (including phenoxy) is 1. The van der Waals surface area contributed by atoms with Crippen molar-refractivity contribution in [1.82, 2.24) is 4.31 Å². The first-order valence-electron chi connectivity index (χ1n) is 8.20. The maximum Gasteiger partial charge on any atom is 0.232 e. The van der Waals surface area contributed by atoms with Crippen molar-refractivity contribution in [3.05, 3.63) is 72.4 Å². The Morgan fingerprint density at radius 2 is 1.64 bits per heavy atom. The van der Waals surface area contributed by atoms with E-state index in [0.29, 0.717) is 11.3 Å². The molecule has 2 aromatic carbocycles. The van der Waals surface area contributed by atoms with Crippen molar-refractivity contribution in [2.75, 3.05) is 25.7 Å². The molecule has 0 saturated carbocycles. The molecule has 2 aromatic rings. The van der Waals surface area contributed by atoms with Crippen LogP contribution in [-0.2, 0) is 19.9 Å². The first kappa shape index (κ1) is 21.5. The molecule has 0 aliphatic rings. The molecule has 0 unspecified atom stereocenters. The molecule has 0 aliphatic heterocycles. The molecular formula is C20H21NO5S2. The summed E-state index contributed by atoms with van der Waals surface area (Å²) in [5.74, 6) is 5.76. The van der Waals surface area contributed by atoms with Crippen molar-refractivity contribution in [3.63, 3.8) is 0 Å². The van der Waals surface area contributed by atoms with Crippen LogP contribution in [0.1, 0.15) is 5.56 Å². The molecule has 0 aromatic heterocycles. The lowest BCUT2D eigenvalue weighted by molar-refractivity contribution is 0.415. The predicted octanol–water partition coefficient (Wildman–Crippen LogP) is 2.30. The molecule has 0 bridgehead atoms. The highest BCUT2D eigenvalue weighted by molar-refractivity contribution is 7.91. The van der Waals surface area contributed by atoms with Gasteiger partial charge in [-0.15, -0.1) is 0 Å². The van der Waals surface area contributed by atoms with Crippen LogP contribution in [0, 0.1) is 11.8 Å². The van der Waals surface area contributed by atoms with Crippen molar-refractivity contribution >= 4 is 19.9 Å². The summed E-state index contributed by atoms with van der Waals surface area (Å²) in [6.45, 7) is 3.46. The normalized spacial score (nSPS) is 11.2. The summed E-state index contributed by atoms with van der Waals surface area (Å²) in [6.07, 6.45) is 0.988. The molecule has 0 heterocycles. The van der Waals surface area contributed by atoms with Crippen LogP contribution < -0.4 is 4.74 Å². The number of hydrogen-bond acceptors (Lipinski definition) is 5. The zero-order valence-electron chi connectivity index (χ0n) is 15.6. The number of sulfone groups is 1. The highest BCUT2D eigenvalue weighted by Crippen LogP contribution is 2.17. The molecule has 0 saturated heterocycles. The van der Waals surface area contributed by atoms with Gasteiger partial charge in [-0.2, -0.15) is 0 Å². The minimum absolute atomic E-state index is 0.0598. The van der Waals surface area contributed by atoms with Gasteiger partial charge in [-0.05, 0) is 36.4 Å². The van der Waals surface area contributed by atoms with E-state index in [4.69, 9.17) is 4.74 Å².